The van der Waals surface area contributed by atoms with E-state index in [0.29, 0.717) is 5.69 Å². The highest BCUT2D eigenvalue weighted by Gasteiger charge is 2.36. The molecule has 3 rings (SSSR count). The van der Waals surface area contributed by atoms with Gasteiger partial charge in [0.2, 0.25) is 0 Å². The first kappa shape index (κ1) is 12.9. The Balaban J connectivity index is 2.10. The number of rotatable bonds is 2. The molecule has 1 aliphatic heterocycles. The highest BCUT2D eigenvalue weighted by Crippen LogP contribution is 2.29. The van der Waals surface area contributed by atoms with Crippen LogP contribution in [0.4, 0.5) is 11.4 Å². The molecule has 0 aliphatic carbocycles. The SMILES string of the molecule is Nc1ccc2c(c1)C(=O)N(c1cccc(C(=O)[O-])c1)C2=O. The Morgan fingerprint density at radius 2 is 1.71 bits per heavy atom. The van der Waals surface area contributed by atoms with Crippen molar-refractivity contribution < 1.29 is 19.5 Å². The number of nitrogens with two attached hydrogens (primary N) is 1. The average molecular weight is 281 g/mol. The average Bonchev–Trinajstić information content (AvgIpc) is 2.70. The fraction of sp³-hybridized carbons (Fsp3) is 0. The lowest BCUT2D eigenvalue weighted by molar-refractivity contribution is -0.255. The molecule has 0 atom stereocenters. The van der Waals surface area contributed by atoms with Gasteiger partial charge in [-0.2, -0.15) is 0 Å². The van der Waals surface area contributed by atoms with Crippen LogP contribution >= 0.6 is 0 Å². The molecule has 1 heterocycles. The van der Waals surface area contributed by atoms with Gasteiger partial charge in [0, 0.05) is 5.69 Å². The van der Waals surface area contributed by atoms with Crippen LogP contribution in [0.3, 0.4) is 0 Å². The summed E-state index contributed by atoms with van der Waals surface area (Å²) in [5.41, 5.74) is 6.52. The largest absolute Gasteiger partial charge is 0.545 e. The Morgan fingerprint density at radius 1 is 1.00 bits per heavy atom. The van der Waals surface area contributed by atoms with Crippen molar-refractivity contribution in [3.63, 3.8) is 0 Å². The Labute approximate surface area is 119 Å². The summed E-state index contributed by atoms with van der Waals surface area (Å²) < 4.78 is 0. The van der Waals surface area contributed by atoms with E-state index in [0.717, 1.165) is 4.90 Å². The minimum absolute atomic E-state index is 0.108. The monoisotopic (exact) mass is 281 g/mol. The fourth-order valence-electron chi connectivity index (χ4n) is 2.26. The summed E-state index contributed by atoms with van der Waals surface area (Å²) in [5.74, 6) is -2.42. The third-order valence-corrected chi connectivity index (χ3v) is 3.25. The molecule has 0 saturated carbocycles. The van der Waals surface area contributed by atoms with Crippen LogP contribution in [-0.4, -0.2) is 17.8 Å². The highest BCUT2D eigenvalue weighted by atomic mass is 16.4. The number of carboxylic acid groups (broad SMARTS) is 1. The lowest BCUT2D eigenvalue weighted by Crippen LogP contribution is -2.30. The number of hydrogen-bond donors (Lipinski definition) is 1. The molecule has 2 N–H and O–H groups in total. The van der Waals surface area contributed by atoms with Crippen molar-refractivity contribution in [2.24, 2.45) is 0 Å². The zero-order chi connectivity index (χ0) is 15.1. The van der Waals surface area contributed by atoms with E-state index in [-0.39, 0.29) is 22.4 Å². The van der Waals surface area contributed by atoms with Crippen LogP contribution in [0.2, 0.25) is 0 Å². The van der Waals surface area contributed by atoms with Gasteiger partial charge in [0.1, 0.15) is 0 Å². The maximum absolute atomic E-state index is 12.3. The quantitative estimate of drug-likeness (QED) is 0.635. The first-order valence-electron chi connectivity index (χ1n) is 6.09. The molecule has 21 heavy (non-hydrogen) atoms. The molecule has 1 aliphatic rings. The van der Waals surface area contributed by atoms with Crippen molar-refractivity contribution in [3.05, 3.63) is 59.2 Å². The molecule has 0 aromatic heterocycles. The van der Waals surface area contributed by atoms with Gasteiger partial charge >= 0.3 is 0 Å². The second-order valence-electron chi connectivity index (χ2n) is 4.59. The minimum atomic E-state index is -1.38. The number of amides is 2. The van der Waals surface area contributed by atoms with Crippen molar-refractivity contribution in [2.75, 3.05) is 10.6 Å². The number of carbonyl (C=O) groups excluding carboxylic acids is 3. The van der Waals surface area contributed by atoms with Crippen LogP contribution in [0.15, 0.2) is 42.5 Å². The molecule has 0 radical (unpaired) electrons. The Kier molecular flexibility index (Phi) is 2.72. The molecule has 2 aromatic carbocycles. The second kappa shape index (κ2) is 4.45. The zero-order valence-corrected chi connectivity index (χ0v) is 10.7. The van der Waals surface area contributed by atoms with Crippen molar-refractivity contribution in [1.29, 1.82) is 0 Å². The van der Waals surface area contributed by atoms with E-state index in [1.54, 1.807) is 0 Å². The van der Waals surface area contributed by atoms with E-state index in [1.165, 1.54) is 42.5 Å². The molecule has 2 amide bonds. The van der Waals surface area contributed by atoms with Gasteiger partial charge in [-0.1, -0.05) is 12.1 Å². The number of aromatic carboxylic acids is 1. The summed E-state index contributed by atoms with van der Waals surface area (Å²) in [5, 5.41) is 10.9. The third kappa shape index (κ3) is 1.93. The summed E-state index contributed by atoms with van der Waals surface area (Å²) >= 11 is 0. The molecular formula is C15H9N2O4-. The van der Waals surface area contributed by atoms with Crippen molar-refractivity contribution >= 4 is 29.2 Å². The van der Waals surface area contributed by atoms with E-state index in [2.05, 4.69) is 0 Å². The van der Waals surface area contributed by atoms with Gasteiger partial charge in [-0.25, -0.2) is 4.90 Å². The molecule has 104 valence electrons. The maximum Gasteiger partial charge on any atom is 0.266 e. The van der Waals surface area contributed by atoms with Gasteiger partial charge < -0.3 is 15.6 Å². The van der Waals surface area contributed by atoms with Crippen LogP contribution in [0.25, 0.3) is 0 Å². The van der Waals surface area contributed by atoms with Crippen molar-refractivity contribution in [2.45, 2.75) is 0 Å². The van der Waals surface area contributed by atoms with E-state index in [9.17, 15) is 19.5 Å². The number of anilines is 2. The van der Waals surface area contributed by atoms with Gasteiger partial charge in [-0.05, 0) is 35.9 Å². The smallest absolute Gasteiger partial charge is 0.266 e. The number of hydrogen-bond acceptors (Lipinski definition) is 5. The van der Waals surface area contributed by atoms with E-state index < -0.39 is 17.8 Å². The second-order valence-corrected chi connectivity index (χ2v) is 4.59. The van der Waals surface area contributed by atoms with Gasteiger partial charge in [-0.15, -0.1) is 0 Å². The Hall–Kier alpha value is -3.15. The number of imide groups is 1. The first-order chi connectivity index (χ1) is 9.99. The molecule has 0 saturated heterocycles. The maximum atomic E-state index is 12.3. The van der Waals surface area contributed by atoms with Crippen molar-refractivity contribution in [3.8, 4) is 0 Å². The van der Waals surface area contributed by atoms with Crippen LogP contribution in [0.5, 0.6) is 0 Å². The lowest BCUT2D eigenvalue weighted by Gasteiger charge is -2.15. The molecule has 0 spiro atoms. The lowest BCUT2D eigenvalue weighted by atomic mass is 10.1. The molecule has 0 fully saturated rings. The number of nitrogens with zero attached hydrogens (tertiary/aromatic N) is 1. The molecular weight excluding hydrogens is 272 g/mol. The molecule has 0 unspecified atom stereocenters. The van der Waals surface area contributed by atoms with E-state index in [1.807, 2.05) is 0 Å². The summed E-state index contributed by atoms with van der Waals surface area (Å²) in [7, 11) is 0. The van der Waals surface area contributed by atoms with Crippen LogP contribution in [0.1, 0.15) is 31.1 Å². The minimum Gasteiger partial charge on any atom is -0.545 e. The predicted molar refractivity (Wildman–Crippen MR) is 72.8 cm³/mol. The van der Waals surface area contributed by atoms with Gasteiger partial charge in [0.25, 0.3) is 11.8 Å². The number of nitrogen functional groups attached to an aromatic ring is 1. The Bertz CT molecular complexity index is 798. The summed E-state index contributed by atoms with van der Waals surface area (Å²) in [6.45, 7) is 0. The van der Waals surface area contributed by atoms with Crippen LogP contribution in [0, 0.1) is 0 Å². The summed E-state index contributed by atoms with van der Waals surface area (Å²) in [4.78, 5) is 36.4. The number of carbonyl (C=O) groups is 3. The van der Waals surface area contributed by atoms with Gasteiger partial charge in [0.15, 0.2) is 0 Å². The molecule has 6 heteroatoms. The highest BCUT2D eigenvalue weighted by molar-refractivity contribution is 6.34. The Morgan fingerprint density at radius 3 is 2.43 bits per heavy atom. The van der Waals surface area contributed by atoms with Gasteiger partial charge in [-0.3, -0.25) is 9.59 Å². The normalized spacial score (nSPS) is 13.4. The third-order valence-electron chi connectivity index (χ3n) is 3.25. The van der Waals surface area contributed by atoms with Crippen molar-refractivity contribution in [1.82, 2.24) is 0 Å². The van der Waals surface area contributed by atoms with Crippen LogP contribution in [-0.2, 0) is 0 Å². The fourth-order valence-corrected chi connectivity index (χ4v) is 2.26. The molecule has 0 bridgehead atoms. The standard InChI is InChI=1S/C15H10N2O4/c16-9-4-5-11-12(7-9)14(19)17(13(11)18)10-3-1-2-8(6-10)15(20)21/h1-7H,16H2,(H,20,21)/p-1. The summed E-state index contributed by atoms with van der Waals surface area (Å²) in [6.07, 6.45) is 0. The topological polar surface area (TPSA) is 104 Å². The van der Waals surface area contributed by atoms with E-state index in [4.69, 9.17) is 5.73 Å². The summed E-state index contributed by atoms with van der Waals surface area (Å²) in [6, 6.07) is 9.92. The number of fused-ring (bicyclic) bond motifs is 1. The van der Waals surface area contributed by atoms with E-state index >= 15 is 0 Å². The number of carboxylic acids is 1. The van der Waals surface area contributed by atoms with Gasteiger partial charge in [0.05, 0.1) is 22.8 Å². The molecule has 6 nitrogen and oxygen atoms in total. The predicted octanol–water partition coefficient (Wildman–Crippen LogP) is 0.433. The molecule has 2 aromatic rings. The zero-order valence-electron chi connectivity index (χ0n) is 10.7. The number of benzene rings is 2. The first-order valence-corrected chi connectivity index (χ1v) is 6.09. The van der Waals surface area contributed by atoms with Crippen LogP contribution < -0.4 is 15.7 Å².